The van der Waals surface area contributed by atoms with Crippen molar-refractivity contribution in [2.45, 2.75) is 39.0 Å². The van der Waals surface area contributed by atoms with E-state index in [1.165, 1.54) is 58.5 Å². The van der Waals surface area contributed by atoms with E-state index in [0.717, 1.165) is 6.54 Å². The van der Waals surface area contributed by atoms with Crippen molar-refractivity contribution in [2.75, 3.05) is 20.8 Å². The number of allylic oxidation sites excluding steroid dienone is 1. The second-order valence-corrected chi connectivity index (χ2v) is 5.27. The Labute approximate surface area is 126 Å². The molecule has 0 saturated heterocycles. The average Bonchev–Trinajstić information content (AvgIpc) is 2.53. The lowest BCUT2D eigenvalue weighted by atomic mass is 9.89. The van der Waals surface area contributed by atoms with Crippen molar-refractivity contribution in [1.29, 1.82) is 0 Å². The molecule has 5 heteroatoms. The average molecular weight is 295 g/mol. The molecule has 1 N–H and O–H groups in total. The van der Waals surface area contributed by atoms with Crippen molar-refractivity contribution in [3.05, 3.63) is 23.4 Å². The molecule has 0 aromatic carbocycles. The maximum atomic E-state index is 11.8. The highest BCUT2D eigenvalue weighted by Gasteiger charge is 2.15. The molecule has 0 radical (unpaired) electrons. The lowest BCUT2D eigenvalue weighted by molar-refractivity contribution is -0.135. The maximum absolute atomic E-state index is 11.8. The van der Waals surface area contributed by atoms with Crippen molar-refractivity contribution in [2.24, 2.45) is 5.92 Å². The molecule has 1 fully saturated rings. The van der Waals surface area contributed by atoms with Crippen LogP contribution in [-0.4, -0.2) is 32.7 Å². The van der Waals surface area contributed by atoms with Crippen molar-refractivity contribution in [1.82, 2.24) is 5.32 Å². The molecule has 0 bridgehead atoms. The van der Waals surface area contributed by atoms with E-state index >= 15 is 0 Å². The van der Waals surface area contributed by atoms with E-state index in [1.807, 2.05) is 6.92 Å². The fourth-order valence-electron chi connectivity index (χ4n) is 2.46. The van der Waals surface area contributed by atoms with Gasteiger partial charge in [-0.2, -0.15) is 0 Å². The van der Waals surface area contributed by atoms with E-state index in [1.54, 1.807) is 0 Å². The zero-order valence-electron chi connectivity index (χ0n) is 13.1. The van der Waals surface area contributed by atoms with Crippen LogP contribution >= 0.6 is 0 Å². The first-order valence-corrected chi connectivity index (χ1v) is 7.37. The summed E-state index contributed by atoms with van der Waals surface area (Å²) in [5, 5.41) is 3.28. The Hall–Kier alpha value is -1.78. The molecule has 1 saturated carbocycles. The predicted molar refractivity (Wildman–Crippen MR) is 80.4 cm³/mol. The van der Waals surface area contributed by atoms with Crippen LogP contribution < -0.4 is 5.32 Å². The second kappa shape index (κ2) is 9.21. The van der Waals surface area contributed by atoms with Crippen LogP contribution in [-0.2, 0) is 19.1 Å². The molecule has 0 spiro atoms. The first-order chi connectivity index (χ1) is 10.1. The highest BCUT2D eigenvalue weighted by Crippen LogP contribution is 2.23. The third kappa shape index (κ3) is 6.02. The highest BCUT2D eigenvalue weighted by atomic mass is 16.5. The standard InChI is InChI=1S/C16H25NO4/c1-12(17-11-13-7-5-4-6-8-13)14(16(19)21-3)9-10-15(18)20-2/h9-10,13,17H,4-8,11H2,1-3H3. The zero-order valence-corrected chi connectivity index (χ0v) is 13.1. The Balaban J connectivity index is 2.70. The van der Waals surface area contributed by atoms with Crippen molar-refractivity contribution >= 4 is 11.9 Å². The number of esters is 2. The van der Waals surface area contributed by atoms with Gasteiger partial charge in [0.2, 0.25) is 0 Å². The Morgan fingerprint density at radius 1 is 1.10 bits per heavy atom. The van der Waals surface area contributed by atoms with Crippen molar-refractivity contribution in [3.8, 4) is 0 Å². The van der Waals surface area contributed by atoms with Crippen molar-refractivity contribution in [3.63, 3.8) is 0 Å². The van der Waals surface area contributed by atoms with Crippen molar-refractivity contribution < 1.29 is 19.1 Å². The van der Waals surface area contributed by atoms with E-state index < -0.39 is 11.9 Å². The molecular weight excluding hydrogens is 270 g/mol. The number of nitrogens with one attached hydrogen (secondary N) is 1. The molecule has 0 heterocycles. The van der Waals surface area contributed by atoms with E-state index in [9.17, 15) is 9.59 Å². The summed E-state index contributed by atoms with van der Waals surface area (Å²) >= 11 is 0. The lowest BCUT2D eigenvalue weighted by Crippen LogP contribution is -2.25. The number of carbonyl (C=O) groups is 2. The SMILES string of the molecule is COC(=O)C=CC(C(=O)OC)=C(C)NCC1CCCCC1. The summed E-state index contributed by atoms with van der Waals surface area (Å²) in [6.07, 6.45) is 8.99. The fourth-order valence-corrected chi connectivity index (χ4v) is 2.46. The minimum absolute atomic E-state index is 0.346. The lowest BCUT2D eigenvalue weighted by Gasteiger charge is -2.22. The summed E-state index contributed by atoms with van der Waals surface area (Å²) in [4.78, 5) is 22.9. The molecule has 0 aromatic heterocycles. The van der Waals surface area contributed by atoms with Crippen LogP contribution in [0.2, 0.25) is 0 Å². The third-order valence-electron chi connectivity index (χ3n) is 3.78. The second-order valence-electron chi connectivity index (χ2n) is 5.27. The Morgan fingerprint density at radius 3 is 2.33 bits per heavy atom. The zero-order chi connectivity index (χ0) is 15.7. The molecule has 0 aliphatic heterocycles. The predicted octanol–water partition coefficient (Wildman–Crippen LogP) is 2.33. The largest absolute Gasteiger partial charge is 0.466 e. The van der Waals surface area contributed by atoms with Crippen LogP contribution in [0.15, 0.2) is 23.4 Å². The third-order valence-corrected chi connectivity index (χ3v) is 3.78. The number of carbonyl (C=O) groups excluding carboxylic acids is 2. The van der Waals surface area contributed by atoms with Crippen LogP contribution in [0.5, 0.6) is 0 Å². The van der Waals surface area contributed by atoms with Gasteiger partial charge in [-0.05, 0) is 31.8 Å². The number of hydrogen-bond acceptors (Lipinski definition) is 5. The smallest absolute Gasteiger partial charge is 0.339 e. The van der Waals surface area contributed by atoms with Gasteiger partial charge in [0.15, 0.2) is 0 Å². The minimum Gasteiger partial charge on any atom is -0.466 e. The number of ether oxygens (including phenoxy) is 2. The summed E-state index contributed by atoms with van der Waals surface area (Å²) in [5.74, 6) is -0.322. The Kier molecular flexibility index (Phi) is 7.58. The summed E-state index contributed by atoms with van der Waals surface area (Å²) in [6.45, 7) is 2.66. The summed E-state index contributed by atoms with van der Waals surface area (Å²) in [5.41, 5.74) is 1.06. The van der Waals surface area contributed by atoms with Gasteiger partial charge in [0.05, 0.1) is 19.8 Å². The number of rotatable bonds is 6. The summed E-state index contributed by atoms with van der Waals surface area (Å²) < 4.78 is 9.28. The maximum Gasteiger partial charge on any atom is 0.339 e. The van der Waals surface area contributed by atoms with Gasteiger partial charge in [-0.25, -0.2) is 9.59 Å². The molecule has 0 unspecified atom stereocenters. The monoisotopic (exact) mass is 295 g/mol. The Bertz CT molecular complexity index is 420. The molecule has 118 valence electrons. The van der Waals surface area contributed by atoms with Crippen LogP contribution in [0.1, 0.15) is 39.0 Å². The molecular formula is C16H25NO4. The molecule has 1 aliphatic rings. The van der Waals surface area contributed by atoms with Gasteiger partial charge in [-0.1, -0.05) is 19.3 Å². The van der Waals surface area contributed by atoms with Crippen LogP contribution in [0.3, 0.4) is 0 Å². The normalized spacial score (nSPS) is 17.3. The first-order valence-electron chi connectivity index (χ1n) is 7.37. The minimum atomic E-state index is -0.503. The van der Waals surface area contributed by atoms with Crippen LogP contribution in [0.25, 0.3) is 0 Å². The molecule has 0 amide bonds. The summed E-state index contributed by atoms with van der Waals surface area (Å²) in [7, 11) is 2.62. The Morgan fingerprint density at radius 2 is 1.76 bits per heavy atom. The molecule has 0 aromatic rings. The molecule has 1 rings (SSSR count). The summed E-state index contributed by atoms with van der Waals surface area (Å²) in [6, 6.07) is 0. The van der Waals surface area contributed by atoms with Gasteiger partial charge < -0.3 is 14.8 Å². The van der Waals surface area contributed by atoms with Gasteiger partial charge in [0.25, 0.3) is 0 Å². The molecule has 0 atom stereocenters. The van der Waals surface area contributed by atoms with E-state index in [2.05, 4.69) is 10.1 Å². The van der Waals surface area contributed by atoms with Gasteiger partial charge in [-0.3, -0.25) is 0 Å². The topological polar surface area (TPSA) is 64.6 Å². The van der Waals surface area contributed by atoms with E-state index in [-0.39, 0.29) is 0 Å². The van der Waals surface area contributed by atoms with E-state index in [4.69, 9.17) is 4.74 Å². The van der Waals surface area contributed by atoms with Gasteiger partial charge in [0.1, 0.15) is 0 Å². The quantitative estimate of drug-likeness (QED) is 0.463. The fraction of sp³-hybridized carbons (Fsp3) is 0.625. The van der Waals surface area contributed by atoms with Crippen LogP contribution in [0, 0.1) is 5.92 Å². The highest BCUT2D eigenvalue weighted by molar-refractivity contribution is 5.94. The number of methoxy groups -OCH3 is 2. The molecule has 5 nitrogen and oxygen atoms in total. The molecule has 1 aliphatic carbocycles. The van der Waals surface area contributed by atoms with Crippen LogP contribution in [0.4, 0.5) is 0 Å². The number of hydrogen-bond donors (Lipinski definition) is 1. The van der Waals surface area contributed by atoms with Gasteiger partial charge in [0, 0.05) is 18.3 Å². The van der Waals surface area contributed by atoms with E-state index in [0.29, 0.717) is 17.2 Å². The first kappa shape index (κ1) is 17.3. The van der Waals surface area contributed by atoms with Gasteiger partial charge in [-0.15, -0.1) is 0 Å². The molecule has 21 heavy (non-hydrogen) atoms. The van der Waals surface area contributed by atoms with Gasteiger partial charge >= 0.3 is 11.9 Å².